The third-order valence-corrected chi connectivity index (χ3v) is 3.00. The van der Waals surface area contributed by atoms with Crippen molar-refractivity contribution in [1.29, 1.82) is 0 Å². The Kier molecular flexibility index (Phi) is 6.84. The second-order valence-electron chi connectivity index (χ2n) is 4.42. The van der Waals surface area contributed by atoms with Crippen molar-refractivity contribution < 1.29 is 19.3 Å². The quantitative estimate of drug-likeness (QED) is 0.557. The normalized spacial score (nSPS) is 11.8. The SMILES string of the molecule is C=C(CO)C(=C)OCC(COC)c1ccc(OC)cc1. The van der Waals surface area contributed by atoms with E-state index in [-0.39, 0.29) is 12.5 Å². The number of aliphatic hydroxyl groups is 1. The second-order valence-corrected chi connectivity index (χ2v) is 4.42. The molecule has 1 aromatic carbocycles. The van der Waals surface area contributed by atoms with E-state index < -0.39 is 0 Å². The Hall–Kier alpha value is -1.78. The van der Waals surface area contributed by atoms with Crippen LogP contribution >= 0.6 is 0 Å². The van der Waals surface area contributed by atoms with Crippen LogP contribution in [-0.4, -0.2) is 39.1 Å². The van der Waals surface area contributed by atoms with E-state index in [1.165, 1.54) is 0 Å². The molecule has 4 heteroatoms. The monoisotopic (exact) mass is 278 g/mol. The summed E-state index contributed by atoms with van der Waals surface area (Å²) in [6, 6.07) is 7.77. The number of aliphatic hydroxyl groups excluding tert-OH is 1. The van der Waals surface area contributed by atoms with Gasteiger partial charge in [0.1, 0.15) is 11.5 Å². The Labute approximate surface area is 120 Å². The molecule has 0 aliphatic rings. The first-order chi connectivity index (χ1) is 9.62. The van der Waals surface area contributed by atoms with Crippen molar-refractivity contribution in [3.8, 4) is 5.75 Å². The van der Waals surface area contributed by atoms with Crippen LogP contribution in [0.1, 0.15) is 11.5 Å². The molecule has 1 aromatic rings. The third kappa shape index (κ3) is 4.72. The van der Waals surface area contributed by atoms with Crippen molar-refractivity contribution in [2.45, 2.75) is 5.92 Å². The molecule has 0 bridgehead atoms. The highest BCUT2D eigenvalue weighted by atomic mass is 16.5. The minimum absolute atomic E-state index is 0.0779. The first kappa shape index (κ1) is 16.3. The summed E-state index contributed by atoms with van der Waals surface area (Å²) in [6.07, 6.45) is 0. The highest BCUT2D eigenvalue weighted by Crippen LogP contribution is 2.21. The number of ether oxygens (including phenoxy) is 3. The van der Waals surface area contributed by atoms with E-state index in [9.17, 15) is 0 Å². The molecule has 0 heterocycles. The van der Waals surface area contributed by atoms with Gasteiger partial charge in [-0.15, -0.1) is 0 Å². The Morgan fingerprint density at radius 2 is 1.80 bits per heavy atom. The van der Waals surface area contributed by atoms with E-state index in [2.05, 4.69) is 13.2 Å². The summed E-state index contributed by atoms with van der Waals surface area (Å²) in [7, 11) is 3.28. The van der Waals surface area contributed by atoms with Crippen LogP contribution in [0.5, 0.6) is 5.75 Å². The molecule has 20 heavy (non-hydrogen) atoms. The maximum Gasteiger partial charge on any atom is 0.118 e. The number of rotatable bonds is 9. The molecule has 0 saturated carbocycles. The summed E-state index contributed by atoms with van der Waals surface area (Å²) < 4.78 is 15.9. The van der Waals surface area contributed by atoms with E-state index in [0.29, 0.717) is 24.5 Å². The summed E-state index contributed by atoms with van der Waals surface area (Å²) in [5.41, 5.74) is 1.57. The summed E-state index contributed by atoms with van der Waals surface area (Å²) >= 11 is 0. The number of hydrogen-bond donors (Lipinski definition) is 1. The first-order valence-electron chi connectivity index (χ1n) is 6.36. The maximum absolute atomic E-state index is 8.97. The average Bonchev–Trinajstić information content (AvgIpc) is 2.50. The fraction of sp³-hybridized carbons (Fsp3) is 0.375. The van der Waals surface area contributed by atoms with Gasteiger partial charge in [-0.05, 0) is 17.7 Å². The summed E-state index contributed by atoms with van der Waals surface area (Å²) in [6.45, 7) is 8.20. The van der Waals surface area contributed by atoms with Crippen LogP contribution in [0.2, 0.25) is 0 Å². The van der Waals surface area contributed by atoms with Gasteiger partial charge >= 0.3 is 0 Å². The van der Waals surface area contributed by atoms with Gasteiger partial charge in [0.15, 0.2) is 0 Å². The molecule has 0 radical (unpaired) electrons. The molecule has 1 rings (SSSR count). The molecule has 0 aliphatic carbocycles. The predicted octanol–water partition coefficient (Wildman–Crippen LogP) is 2.50. The lowest BCUT2D eigenvalue weighted by molar-refractivity contribution is 0.124. The molecular weight excluding hydrogens is 256 g/mol. The molecule has 0 spiro atoms. The zero-order chi connectivity index (χ0) is 15.0. The molecule has 1 atom stereocenters. The van der Waals surface area contributed by atoms with Crippen molar-refractivity contribution in [2.75, 3.05) is 34.0 Å². The van der Waals surface area contributed by atoms with Gasteiger partial charge < -0.3 is 19.3 Å². The molecule has 0 saturated heterocycles. The number of hydrogen-bond acceptors (Lipinski definition) is 4. The van der Waals surface area contributed by atoms with Crippen LogP contribution in [0.3, 0.4) is 0 Å². The molecule has 110 valence electrons. The Morgan fingerprint density at radius 3 is 2.30 bits per heavy atom. The molecule has 0 aliphatic heterocycles. The highest BCUT2D eigenvalue weighted by Gasteiger charge is 2.13. The van der Waals surface area contributed by atoms with Crippen LogP contribution in [0.15, 0.2) is 48.8 Å². The van der Waals surface area contributed by atoms with E-state index in [1.54, 1.807) is 14.2 Å². The lowest BCUT2D eigenvalue weighted by Crippen LogP contribution is -2.14. The van der Waals surface area contributed by atoms with Crippen molar-refractivity contribution in [3.63, 3.8) is 0 Å². The largest absolute Gasteiger partial charge is 0.497 e. The van der Waals surface area contributed by atoms with Crippen LogP contribution in [0, 0.1) is 0 Å². The summed E-state index contributed by atoms with van der Waals surface area (Å²) in [5.74, 6) is 1.29. The predicted molar refractivity (Wildman–Crippen MR) is 78.9 cm³/mol. The van der Waals surface area contributed by atoms with Crippen LogP contribution in [0.4, 0.5) is 0 Å². The van der Waals surface area contributed by atoms with Crippen LogP contribution in [0.25, 0.3) is 0 Å². The van der Waals surface area contributed by atoms with E-state index in [4.69, 9.17) is 19.3 Å². The Balaban J connectivity index is 2.68. The van der Waals surface area contributed by atoms with Gasteiger partial charge in [-0.1, -0.05) is 25.3 Å². The zero-order valence-electron chi connectivity index (χ0n) is 12.1. The Morgan fingerprint density at radius 1 is 1.15 bits per heavy atom. The minimum atomic E-state index is -0.156. The topological polar surface area (TPSA) is 47.9 Å². The van der Waals surface area contributed by atoms with E-state index in [0.717, 1.165) is 11.3 Å². The van der Waals surface area contributed by atoms with Gasteiger partial charge in [-0.25, -0.2) is 0 Å². The number of methoxy groups -OCH3 is 2. The molecule has 1 unspecified atom stereocenters. The van der Waals surface area contributed by atoms with Gasteiger partial charge in [-0.3, -0.25) is 0 Å². The van der Waals surface area contributed by atoms with Crippen molar-refractivity contribution in [1.82, 2.24) is 0 Å². The van der Waals surface area contributed by atoms with Crippen molar-refractivity contribution in [3.05, 3.63) is 54.3 Å². The lowest BCUT2D eigenvalue weighted by Gasteiger charge is -2.19. The summed E-state index contributed by atoms with van der Waals surface area (Å²) in [5, 5.41) is 8.97. The van der Waals surface area contributed by atoms with E-state index in [1.807, 2.05) is 24.3 Å². The van der Waals surface area contributed by atoms with E-state index >= 15 is 0 Å². The molecule has 1 N–H and O–H groups in total. The molecular formula is C16H22O4. The highest BCUT2D eigenvalue weighted by molar-refractivity contribution is 5.29. The molecule has 0 fully saturated rings. The lowest BCUT2D eigenvalue weighted by atomic mass is 10.0. The molecule has 0 amide bonds. The molecule has 4 nitrogen and oxygen atoms in total. The van der Waals surface area contributed by atoms with Crippen molar-refractivity contribution >= 4 is 0 Å². The fourth-order valence-electron chi connectivity index (χ4n) is 1.71. The number of benzene rings is 1. The van der Waals surface area contributed by atoms with Crippen LogP contribution < -0.4 is 4.74 Å². The first-order valence-corrected chi connectivity index (χ1v) is 6.36. The van der Waals surface area contributed by atoms with Gasteiger partial charge in [0.2, 0.25) is 0 Å². The minimum Gasteiger partial charge on any atom is -0.497 e. The zero-order valence-corrected chi connectivity index (χ0v) is 12.1. The molecule has 0 aromatic heterocycles. The van der Waals surface area contributed by atoms with Crippen molar-refractivity contribution in [2.24, 2.45) is 0 Å². The Bertz CT molecular complexity index is 436. The van der Waals surface area contributed by atoms with Crippen LogP contribution in [-0.2, 0) is 9.47 Å². The fourth-order valence-corrected chi connectivity index (χ4v) is 1.71. The average molecular weight is 278 g/mol. The summed E-state index contributed by atoms with van der Waals surface area (Å²) in [4.78, 5) is 0. The standard InChI is InChI=1S/C16H22O4/c1-12(9-17)13(2)20-11-15(10-18-3)14-5-7-16(19-4)8-6-14/h5-8,15,17H,1-2,9-11H2,3-4H3. The third-order valence-electron chi connectivity index (χ3n) is 3.00. The van der Waals surface area contributed by atoms with Gasteiger partial charge in [0.05, 0.1) is 26.9 Å². The smallest absolute Gasteiger partial charge is 0.118 e. The van der Waals surface area contributed by atoms with Gasteiger partial charge in [-0.2, -0.15) is 0 Å². The maximum atomic E-state index is 8.97. The van der Waals surface area contributed by atoms with Gasteiger partial charge in [0, 0.05) is 18.6 Å². The van der Waals surface area contributed by atoms with Gasteiger partial charge in [0.25, 0.3) is 0 Å². The second kappa shape index (κ2) is 8.40.